The number of imide groups is 8. The molecule has 6 aromatic rings. The molecule has 8 aliphatic heterocycles. The van der Waals surface area contributed by atoms with Crippen molar-refractivity contribution in [2.75, 3.05) is 93.4 Å². The molecule has 0 bridgehead atoms. The van der Waals surface area contributed by atoms with Crippen LogP contribution in [-0.4, -0.2) is 324 Å². The van der Waals surface area contributed by atoms with Crippen LogP contribution in [0.3, 0.4) is 0 Å². The molecule has 8 aliphatic rings. The van der Waals surface area contributed by atoms with Crippen LogP contribution in [0.1, 0.15) is 104 Å². The Balaban J connectivity index is 0.000000182. The van der Waals surface area contributed by atoms with Crippen molar-refractivity contribution < 1.29 is 76.7 Å². The summed E-state index contributed by atoms with van der Waals surface area (Å²) >= 11 is 47.0. The number of nitrogens with one attached hydrogen (secondary N) is 6. The number of unbranched alkanes of at least 4 members (excludes halogenated alkanes) is 2. The van der Waals surface area contributed by atoms with Crippen molar-refractivity contribution in [1.29, 1.82) is 0 Å². The Hall–Kier alpha value is -7.26. The number of thiol groups is 4. The first-order valence-electron chi connectivity index (χ1n) is 40.0. The smallest absolute Gasteiger partial charge is 0.243 e. The molecule has 2 aromatic carbocycles. The molecule has 14 rings (SSSR count). The van der Waals surface area contributed by atoms with Crippen molar-refractivity contribution in [2.45, 2.75) is 187 Å². The lowest BCUT2D eigenvalue weighted by Crippen LogP contribution is -2.41. The molecule has 53 heteroatoms. The number of aromatic nitrogens is 12. The largest absolute Gasteiger partial charge is 0.342 e. The van der Waals surface area contributed by atoms with Gasteiger partial charge in [-0.15, -0.1) is 72.3 Å². The number of aromatic amines is 6. The van der Waals surface area contributed by atoms with Crippen molar-refractivity contribution in [1.82, 2.24) is 99.5 Å². The Bertz CT molecular complexity index is 5280. The van der Waals surface area contributed by atoms with E-state index in [1.54, 1.807) is 6.92 Å². The van der Waals surface area contributed by atoms with Crippen LogP contribution >= 0.6 is 193 Å². The third kappa shape index (κ3) is 27.5. The summed E-state index contributed by atoms with van der Waals surface area (Å²) in [5, 5.41) is 7.64. The number of benzene rings is 2. The van der Waals surface area contributed by atoms with Crippen molar-refractivity contribution in [3.05, 3.63) is 73.4 Å². The maximum Gasteiger partial charge on any atom is 0.243 e. The highest BCUT2D eigenvalue weighted by atomic mass is 32.2. The molecule has 0 aliphatic carbocycles. The van der Waals surface area contributed by atoms with Gasteiger partial charge in [0.25, 0.3) is 0 Å². The van der Waals surface area contributed by atoms with Crippen LogP contribution in [0.2, 0.25) is 0 Å². The maximum atomic E-state index is 13.2. The Morgan fingerprint density at radius 2 is 0.643 bits per heavy atom. The summed E-state index contributed by atoms with van der Waals surface area (Å²) < 4.78 is 0.995. The van der Waals surface area contributed by atoms with E-state index in [9.17, 15) is 76.7 Å². The second-order valence-corrected chi connectivity index (χ2v) is 42.1. The minimum atomic E-state index is -0.724. The van der Waals surface area contributed by atoms with Gasteiger partial charge in [-0.3, -0.25) is 136 Å². The molecule has 8 fully saturated rings. The van der Waals surface area contributed by atoms with Gasteiger partial charge in [-0.05, 0) is 104 Å². The second-order valence-electron chi connectivity index (χ2n) is 28.9. The van der Waals surface area contributed by atoms with Crippen LogP contribution in [0.15, 0.2) is 88.7 Å². The average Bonchev–Trinajstić information content (AvgIpc) is 1.68. The molecule has 0 saturated carbocycles. The van der Waals surface area contributed by atoms with Crippen molar-refractivity contribution in [3.8, 4) is 0 Å². The van der Waals surface area contributed by atoms with Crippen LogP contribution in [0, 0.1) is 26.0 Å². The average molecular weight is 2070 g/mol. The molecule has 8 unspecified atom stereocenters. The summed E-state index contributed by atoms with van der Waals surface area (Å²) in [4.78, 5) is 246. The van der Waals surface area contributed by atoms with E-state index in [1.165, 1.54) is 56.8 Å². The van der Waals surface area contributed by atoms with Gasteiger partial charge < -0.3 is 14.9 Å². The Kier molecular flexibility index (Phi) is 39.5. The number of anilines is 1. The van der Waals surface area contributed by atoms with Crippen LogP contribution in [0.25, 0.3) is 0 Å². The van der Waals surface area contributed by atoms with Crippen molar-refractivity contribution >= 4 is 294 Å². The van der Waals surface area contributed by atoms with E-state index >= 15 is 0 Å². The van der Waals surface area contributed by atoms with Crippen LogP contribution in [0.4, 0.5) is 5.95 Å². The number of hydrogen-bond acceptors (Lipinski definition) is 39. The normalized spacial score (nSPS) is 21.1. The summed E-state index contributed by atoms with van der Waals surface area (Å²) in [5.74, 6) is -1.35. The van der Waals surface area contributed by atoms with Gasteiger partial charge in [0.15, 0.2) is 20.6 Å². The number of likely N-dealkylation sites (tertiary alicyclic amines) is 8. The highest BCUT2D eigenvalue weighted by Crippen LogP contribution is 2.40. The van der Waals surface area contributed by atoms with Crippen molar-refractivity contribution in [2.24, 2.45) is 0 Å². The molecule has 37 nitrogen and oxygen atoms in total. The molecule has 8 atom stereocenters. The number of nitrogens with zero attached hydrogens (tertiary/aromatic N) is 15. The zero-order valence-corrected chi connectivity index (χ0v) is 81.9. The summed E-state index contributed by atoms with van der Waals surface area (Å²) in [5.41, 5.74) is 0. The van der Waals surface area contributed by atoms with E-state index in [4.69, 9.17) is 48.9 Å². The summed E-state index contributed by atoms with van der Waals surface area (Å²) in [7, 11) is 0. The van der Waals surface area contributed by atoms with Gasteiger partial charge >= 0.3 is 0 Å². The number of carbonyl (C=O) groups is 16. The molecule has 0 radical (unpaired) electrons. The van der Waals surface area contributed by atoms with Gasteiger partial charge in [-0.2, -0.15) is 50.2 Å². The standard InChI is InChI=1S/C25H33N9O4S4.C22H20N2O4S4.C14H14N8O4S4.C14H20N2O4S4.CH4/c1-4-6-8-32(9-7-5-2)21-28-23(40)31-25(29-21)42-16-13-18(36)34(20(16)38)11-10-33-17(35)12-15(19(33)37)41-24-27-14(3)26-22(39)30-24;25-19-11-17(31-15-7-3-1-5-13(15)29)21(27)23(19)9-10-24-20(26)12-18(22(24)28)32-16-8-4-2-6-14(16)30;23-7-3-5(29-13-15-11(27)17-19-13)9(25)21(7)1-2-22-8(24)4-6(10(22)26)30-14-16-12(28)18-20-14;17-11-7-9(23-5-3-21)13(19)15(11)1-2-16-12(18)8-10(14(16)20)24-6-4-22;/h15-16H,4-13H2,1-3H3,(H,26,27,30,39)(H,28,29,31,40);1-8,17-18,29-30H,9-12H2;5-6H,1-4H2,(H2,15,17,19,27)(H2,16,18,20,28);9-10,21-22H,1-8H2;1H4. The predicted molar refractivity (Wildman–Crippen MR) is 512 cm³/mol. The van der Waals surface area contributed by atoms with Gasteiger partial charge in [-0.1, -0.05) is 105 Å². The van der Waals surface area contributed by atoms with Gasteiger partial charge in [0.05, 0.1) is 21.0 Å². The summed E-state index contributed by atoms with van der Waals surface area (Å²) in [6.45, 7) is 7.51. The minimum Gasteiger partial charge on any atom is -0.342 e. The zero-order valence-electron chi connectivity index (χ0n) is 68.6. The molecule has 0 spiro atoms. The number of rotatable bonds is 37. The Labute approximate surface area is 816 Å². The van der Waals surface area contributed by atoms with Gasteiger partial charge in [0.1, 0.15) is 26.8 Å². The monoisotopic (exact) mass is 2070 g/mol. The molecule has 6 N–H and O–H groups in total. The van der Waals surface area contributed by atoms with Gasteiger partial charge in [-0.25, -0.2) is 4.98 Å². The third-order valence-corrected chi connectivity index (χ3v) is 32.2. The lowest BCUT2D eigenvalue weighted by molar-refractivity contribution is -0.143. The Morgan fingerprint density at radius 1 is 0.364 bits per heavy atom. The molecular formula is C76H91N21O16S16. The molecular weight excluding hydrogens is 1980 g/mol. The highest BCUT2D eigenvalue weighted by molar-refractivity contribution is 8.03. The fraction of sp³-hybridized carbons (Fsp3) is 0.500. The molecule has 8 saturated heterocycles. The Morgan fingerprint density at radius 3 is 0.930 bits per heavy atom. The SMILES string of the molecule is C.CCCCN(CCCC)c1nc(SC2CC(=O)N(CCN3C(=O)CC(Sc4nc(C)[nH]c(=S)n4)C3=O)C2=O)nc(=S)[nH]1.O=C1CC(SCCS)C(=O)N1CCN1C(=O)CC(SCCS)C1=O.O=C1CC(Sc2ccccc2S)C(=O)N1CCN1C(=O)CC(Sc2ccccc2S)C1=O.O=C1CC(Sc2nc(=S)[nH][nH]2)C(=O)N1CCN1C(=O)CC(Sc2nc(=S)[nH][nH]2)C1=O. The summed E-state index contributed by atoms with van der Waals surface area (Å²) in [6, 6.07) is 14.8. The topological polar surface area (TPSA) is 474 Å². The number of thioether (sulfide) groups is 8. The summed E-state index contributed by atoms with van der Waals surface area (Å²) in [6.07, 6.45) is 4.56. The highest BCUT2D eigenvalue weighted by Gasteiger charge is 2.49. The molecule has 129 heavy (non-hydrogen) atoms. The zero-order chi connectivity index (χ0) is 92.3. The number of aryl methyl sites for hydroxylation is 1. The lowest BCUT2D eigenvalue weighted by Gasteiger charge is -2.23. The quantitative estimate of drug-likeness (QED) is 0.00996. The minimum absolute atomic E-state index is 0. The van der Waals surface area contributed by atoms with Gasteiger partial charge in [0, 0.05) is 148 Å². The number of H-pyrrole nitrogens is 6. The van der Waals surface area contributed by atoms with Gasteiger partial charge in [0.2, 0.25) is 120 Å². The first-order valence-corrected chi connectivity index (χ1v) is 51.1. The van der Waals surface area contributed by atoms with Crippen LogP contribution < -0.4 is 4.90 Å². The predicted octanol–water partition coefficient (Wildman–Crippen LogP) is 8.23. The van der Waals surface area contributed by atoms with Crippen LogP contribution in [-0.2, 0) is 76.7 Å². The molecule has 692 valence electrons. The fourth-order valence-electron chi connectivity index (χ4n) is 13.8. The van der Waals surface area contributed by atoms with E-state index in [0.29, 0.717) is 55.4 Å². The van der Waals surface area contributed by atoms with E-state index < -0.39 is 43.3 Å². The third-order valence-electron chi connectivity index (χ3n) is 20.1. The number of hydrogen-bond donors (Lipinski definition) is 10. The van der Waals surface area contributed by atoms with E-state index in [1.807, 2.05) is 48.5 Å². The van der Waals surface area contributed by atoms with E-state index in [2.05, 4.69) is 130 Å². The first kappa shape index (κ1) is 104. The molecule has 16 amide bonds. The fourth-order valence-corrected chi connectivity index (χ4v) is 24.0. The number of amides is 16. The van der Waals surface area contributed by atoms with E-state index in [0.717, 1.165) is 135 Å². The molecule has 4 aromatic heterocycles. The lowest BCUT2D eigenvalue weighted by atomic mass is 10.3. The van der Waals surface area contributed by atoms with Crippen molar-refractivity contribution in [3.63, 3.8) is 0 Å². The maximum absolute atomic E-state index is 13.2. The second kappa shape index (κ2) is 49.1. The number of carbonyl (C=O) groups excluding carboxylic acids is 16. The van der Waals surface area contributed by atoms with Crippen LogP contribution in [0.5, 0.6) is 0 Å². The molecule has 12 heterocycles. The van der Waals surface area contributed by atoms with E-state index in [-0.39, 0.29) is 223 Å². The first-order chi connectivity index (χ1) is 61.2.